The standard InChI is InChI=1S/C17H21NO2S/c1-12-16(20-14-5-3-2-4-6-14)8-7-15(18-12)17-13(11-19)9-10-21-17/h7-10,14,19H,2-6,11H2,1H3. The fourth-order valence-electron chi connectivity index (χ4n) is 2.85. The summed E-state index contributed by atoms with van der Waals surface area (Å²) < 4.78 is 6.11. The third-order valence-corrected chi connectivity index (χ3v) is 5.01. The predicted octanol–water partition coefficient (Wildman–Crippen LogP) is 4.32. The molecule has 1 aliphatic rings. The molecule has 4 heteroatoms. The molecule has 2 aromatic rings. The molecule has 1 N–H and O–H groups in total. The van der Waals surface area contributed by atoms with Gasteiger partial charge in [0.2, 0.25) is 0 Å². The molecule has 0 aromatic carbocycles. The average Bonchev–Trinajstić information content (AvgIpc) is 2.99. The number of hydrogen-bond acceptors (Lipinski definition) is 4. The zero-order valence-corrected chi connectivity index (χ0v) is 13.2. The summed E-state index contributed by atoms with van der Waals surface area (Å²) in [4.78, 5) is 5.71. The fraction of sp³-hybridized carbons (Fsp3) is 0.471. The number of pyridine rings is 1. The van der Waals surface area contributed by atoms with Gasteiger partial charge in [0.25, 0.3) is 0 Å². The number of aromatic nitrogens is 1. The highest BCUT2D eigenvalue weighted by atomic mass is 32.1. The van der Waals surface area contributed by atoms with E-state index in [1.807, 2.05) is 30.5 Å². The van der Waals surface area contributed by atoms with Crippen molar-refractivity contribution >= 4 is 11.3 Å². The van der Waals surface area contributed by atoms with Gasteiger partial charge in [-0.1, -0.05) is 6.42 Å². The summed E-state index contributed by atoms with van der Waals surface area (Å²) in [5.41, 5.74) is 2.78. The topological polar surface area (TPSA) is 42.4 Å². The van der Waals surface area contributed by atoms with Crippen LogP contribution in [-0.4, -0.2) is 16.2 Å². The first kappa shape index (κ1) is 14.5. The molecule has 0 spiro atoms. The van der Waals surface area contributed by atoms with Gasteiger partial charge >= 0.3 is 0 Å². The smallest absolute Gasteiger partial charge is 0.140 e. The molecule has 0 unspecified atom stereocenters. The predicted molar refractivity (Wildman–Crippen MR) is 85.7 cm³/mol. The Morgan fingerprint density at radius 3 is 2.76 bits per heavy atom. The molecule has 2 aromatic heterocycles. The van der Waals surface area contributed by atoms with Gasteiger partial charge in [0, 0.05) is 0 Å². The molecule has 2 heterocycles. The lowest BCUT2D eigenvalue weighted by Gasteiger charge is -2.23. The van der Waals surface area contributed by atoms with Crippen LogP contribution in [0.3, 0.4) is 0 Å². The Balaban J connectivity index is 1.79. The summed E-state index contributed by atoms with van der Waals surface area (Å²) in [5, 5.41) is 11.4. The molecule has 3 nitrogen and oxygen atoms in total. The molecule has 1 fully saturated rings. The summed E-state index contributed by atoms with van der Waals surface area (Å²) >= 11 is 1.61. The summed E-state index contributed by atoms with van der Waals surface area (Å²) in [6.45, 7) is 2.05. The minimum atomic E-state index is 0.0554. The van der Waals surface area contributed by atoms with Crippen LogP contribution in [0.15, 0.2) is 23.6 Å². The average molecular weight is 303 g/mol. The van der Waals surface area contributed by atoms with Crippen molar-refractivity contribution in [2.24, 2.45) is 0 Å². The van der Waals surface area contributed by atoms with Gasteiger partial charge in [0.05, 0.1) is 29.0 Å². The van der Waals surface area contributed by atoms with Crippen molar-refractivity contribution in [3.63, 3.8) is 0 Å². The molecule has 3 rings (SSSR count). The van der Waals surface area contributed by atoms with Crippen molar-refractivity contribution in [1.29, 1.82) is 0 Å². The van der Waals surface area contributed by atoms with E-state index in [0.29, 0.717) is 6.10 Å². The Hall–Kier alpha value is -1.39. The lowest BCUT2D eigenvalue weighted by molar-refractivity contribution is 0.153. The molecule has 0 atom stereocenters. The van der Waals surface area contributed by atoms with Gasteiger partial charge in [0.15, 0.2) is 0 Å². The number of aliphatic hydroxyl groups is 1. The number of ether oxygens (including phenoxy) is 1. The number of aliphatic hydroxyl groups excluding tert-OH is 1. The highest BCUT2D eigenvalue weighted by Crippen LogP contribution is 2.31. The van der Waals surface area contributed by atoms with Crippen molar-refractivity contribution in [3.8, 4) is 16.3 Å². The Labute approximate surface area is 129 Å². The van der Waals surface area contributed by atoms with Crippen LogP contribution in [-0.2, 0) is 6.61 Å². The van der Waals surface area contributed by atoms with E-state index in [1.54, 1.807) is 11.3 Å². The first-order valence-corrected chi connectivity index (χ1v) is 8.48. The summed E-state index contributed by atoms with van der Waals surface area (Å²) in [6, 6.07) is 5.97. The van der Waals surface area contributed by atoms with E-state index in [4.69, 9.17) is 4.74 Å². The Morgan fingerprint density at radius 1 is 1.24 bits per heavy atom. The van der Waals surface area contributed by atoms with E-state index in [0.717, 1.165) is 40.4 Å². The van der Waals surface area contributed by atoms with Crippen LogP contribution in [0.4, 0.5) is 0 Å². The van der Waals surface area contributed by atoms with E-state index in [2.05, 4.69) is 4.98 Å². The van der Waals surface area contributed by atoms with Crippen molar-refractivity contribution in [1.82, 2.24) is 4.98 Å². The van der Waals surface area contributed by atoms with Crippen molar-refractivity contribution in [2.75, 3.05) is 0 Å². The van der Waals surface area contributed by atoms with E-state index >= 15 is 0 Å². The highest BCUT2D eigenvalue weighted by Gasteiger charge is 2.17. The second kappa shape index (κ2) is 6.58. The number of nitrogens with zero attached hydrogens (tertiary/aromatic N) is 1. The lowest BCUT2D eigenvalue weighted by Crippen LogP contribution is -2.20. The van der Waals surface area contributed by atoms with E-state index in [-0.39, 0.29) is 6.61 Å². The first-order chi connectivity index (χ1) is 10.3. The van der Waals surface area contributed by atoms with Gasteiger partial charge in [0.1, 0.15) is 5.75 Å². The van der Waals surface area contributed by atoms with Gasteiger partial charge < -0.3 is 9.84 Å². The quantitative estimate of drug-likeness (QED) is 0.914. The largest absolute Gasteiger partial charge is 0.489 e. The minimum absolute atomic E-state index is 0.0554. The summed E-state index contributed by atoms with van der Waals surface area (Å²) in [7, 11) is 0. The Bertz CT molecular complexity index is 603. The van der Waals surface area contributed by atoms with Crippen molar-refractivity contribution in [3.05, 3.63) is 34.8 Å². The Kier molecular flexibility index (Phi) is 4.56. The highest BCUT2D eigenvalue weighted by molar-refractivity contribution is 7.13. The van der Waals surface area contributed by atoms with Gasteiger partial charge in [-0.15, -0.1) is 11.3 Å². The van der Waals surface area contributed by atoms with Gasteiger partial charge in [-0.05, 0) is 61.7 Å². The monoisotopic (exact) mass is 303 g/mol. The van der Waals surface area contributed by atoms with Gasteiger partial charge in [-0.3, -0.25) is 0 Å². The van der Waals surface area contributed by atoms with Crippen LogP contribution in [0.1, 0.15) is 43.4 Å². The van der Waals surface area contributed by atoms with Crippen LogP contribution < -0.4 is 4.74 Å². The summed E-state index contributed by atoms with van der Waals surface area (Å²) in [6.07, 6.45) is 6.52. The van der Waals surface area contributed by atoms with Crippen molar-refractivity contribution in [2.45, 2.75) is 51.7 Å². The van der Waals surface area contributed by atoms with Crippen LogP contribution in [0.2, 0.25) is 0 Å². The van der Waals surface area contributed by atoms with Gasteiger partial charge in [-0.2, -0.15) is 0 Å². The second-order valence-corrected chi connectivity index (χ2v) is 6.51. The number of rotatable bonds is 4. The zero-order chi connectivity index (χ0) is 14.7. The molecule has 0 radical (unpaired) electrons. The number of hydrogen-bond donors (Lipinski definition) is 1. The minimum Gasteiger partial charge on any atom is -0.489 e. The lowest BCUT2D eigenvalue weighted by atomic mass is 9.98. The molecule has 1 saturated carbocycles. The van der Waals surface area contributed by atoms with Crippen LogP contribution in [0, 0.1) is 6.92 Å². The molecular weight excluding hydrogens is 282 g/mol. The SMILES string of the molecule is Cc1nc(-c2sccc2CO)ccc1OC1CCCCC1. The zero-order valence-electron chi connectivity index (χ0n) is 12.3. The number of aryl methyl sites for hydroxylation is 1. The second-order valence-electron chi connectivity index (χ2n) is 5.59. The number of thiophene rings is 1. The van der Waals surface area contributed by atoms with Gasteiger partial charge in [-0.25, -0.2) is 4.98 Å². The Morgan fingerprint density at radius 2 is 2.05 bits per heavy atom. The fourth-order valence-corrected chi connectivity index (χ4v) is 3.73. The molecule has 0 saturated heterocycles. The van der Waals surface area contributed by atoms with Crippen LogP contribution in [0.5, 0.6) is 5.75 Å². The third kappa shape index (κ3) is 3.27. The molecule has 0 bridgehead atoms. The molecular formula is C17H21NO2S. The summed E-state index contributed by atoms with van der Waals surface area (Å²) in [5.74, 6) is 0.896. The van der Waals surface area contributed by atoms with E-state index in [1.165, 1.54) is 19.3 Å². The maximum Gasteiger partial charge on any atom is 0.140 e. The molecule has 1 aliphatic carbocycles. The van der Waals surface area contributed by atoms with Crippen LogP contribution >= 0.6 is 11.3 Å². The van der Waals surface area contributed by atoms with Crippen LogP contribution in [0.25, 0.3) is 10.6 Å². The first-order valence-electron chi connectivity index (χ1n) is 7.60. The van der Waals surface area contributed by atoms with E-state index < -0.39 is 0 Å². The maximum atomic E-state index is 9.36. The van der Waals surface area contributed by atoms with Crippen molar-refractivity contribution < 1.29 is 9.84 Å². The molecule has 112 valence electrons. The third-order valence-electron chi connectivity index (χ3n) is 4.03. The normalized spacial score (nSPS) is 16.1. The molecule has 21 heavy (non-hydrogen) atoms. The maximum absolute atomic E-state index is 9.36. The molecule has 0 amide bonds. The van der Waals surface area contributed by atoms with E-state index in [9.17, 15) is 5.11 Å². The molecule has 0 aliphatic heterocycles.